The molecule has 2 rings (SSSR count). The molecule has 0 aliphatic carbocycles. The van der Waals surface area contributed by atoms with Gasteiger partial charge in [-0.1, -0.05) is 0 Å². The number of aromatic nitrogens is 1. The van der Waals surface area contributed by atoms with Crippen LogP contribution in [0, 0.1) is 12.8 Å². The predicted molar refractivity (Wildman–Crippen MR) is 71.7 cm³/mol. The Balaban J connectivity index is 2.01. The Hall–Kier alpha value is -1.13. The van der Waals surface area contributed by atoms with Gasteiger partial charge in [-0.3, -0.25) is 0 Å². The quantitative estimate of drug-likeness (QED) is 0.884. The summed E-state index contributed by atoms with van der Waals surface area (Å²) in [5.41, 5.74) is 1.98. The fourth-order valence-electron chi connectivity index (χ4n) is 2.54. The molecule has 1 N–H and O–H groups in total. The Bertz CT molecular complexity index is 389. The second-order valence-electron chi connectivity index (χ2n) is 5.11. The summed E-state index contributed by atoms with van der Waals surface area (Å²) >= 11 is 0. The van der Waals surface area contributed by atoms with Crippen LogP contribution >= 0.6 is 0 Å². The molecule has 0 amide bonds. The Morgan fingerprint density at radius 3 is 3.00 bits per heavy atom. The van der Waals surface area contributed by atoms with Crippen LogP contribution in [0.25, 0.3) is 0 Å². The first-order valence-corrected chi connectivity index (χ1v) is 6.56. The van der Waals surface area contributed by atoms with Gasteiger partial charge < -0.3 is 14.7 Å². The Labute approximate surface area is 109 Å². The fraction of sp³-hybridized carbons (Fsp3) is 0.643. The Morgan fingerprint density at radius 2 is 2.39 bits per heavy atom. The van der Waals surface area contributed by atoms with Crippen molar-refractivity contribution in [2.45, 2.75) is 26.4 Å². The average Bonchev–Trinajstić information content (AvgIpc) is 2.39. The zero-order chi connectivity index (χ0) is 13.0. The predicted octanol–water partition coefficient (Wildman–Crippen LogP) is 1.75. The molecule has 0 spiro atoms. The minimum Gasteiger partial charge on any atom is -0.392 e. The molecule has 1 aromatic rings. The van der Waals surface area contributed by atoms with Gasteiger partial charge in [0.05, 0.1) is 13.2 Å². The number of nitrogens with zero attached hydrogens (tertiary/aromatic N) is 2. The van der Waals surface area contributed by atoms with Crippen LogP contribution in [-0.4, -0.2) is 36.9 Å². The summed E-state index contributed by atoms with van der Waals surface area (Å²) in [4.78, 5) is 6.63. The number of pyridine rings is 1. The summed E-state index contributed by atoms with van der Waals surface area (Å²) in [5, 5.41) is 9.08. The van der Waals surface area contributed by atoms with Crippen LogP contribution in [0.3, 0.4) is 0 Å². The number of anilines is 1. The lowest BCUT2D eigenvalue weighted by Crippen LogP contribution is -2.31. The van der Waals surface area contributed by atoms with Gasteiger partial charge in [0.25, 0.3) is 0 Å². The van der Waals surface area contributed by atoms with Gasteiger partial charge in [-0.2, -0.15) is 0 Å². The van der Waals surface area contributed by atoms with E-state index in [1.165, 1.54) is 6.42 Å². The van der Waals surface area contributed by atoms with Crippen molar-refractivity contribution in [3.63, 3.8) is 0 Å². The lowest BCUT2D eigenvalue weighted by atomic mass is 10.0. The summed E-state index contributed by atoms with van der Waals surface area (Å²) in [5.74, 6) is 1.60. The topological polar surface area (TPSA) is 45.6 Å². The largest absolute Gasteiger partial charge is 0.392 e. The van der Waals surface area contributed by atoms with Crippen LogP contribution in [0.2, 0.25) is 0 Å². The zero-order valence-electron chi connectivity index (χ0n) is 11.2. The molecule has 1 unspecified atom stereocenters. The molecule has 2 heterocycles. The number of aliphatic hydroxyl groups excluding tert-OH is 1. The van der Waals surface area contributed by atoms with E-state index in [0.717, 1.165) is 43.1 Å². The molecule has 1 atom stereocenters. The molecular formula is C14H22N2O2. The number of hydrogen-bond acceptors (Lipinski definition) is 4. The molecule has 0 aromatic carbocycles. The molecule has 18 heavy (non-hydrogen) atoms. The SMILES string of the molecule is Cc1cc(CO)cnc1N(C)CC1CCCOC1. The summed E-state index contributed by atoms with van der Waals surface area (Å²) < 4.78 is 5.51. The van der Waals surface area contributed by atoms with E-state index in [1.54, 1.807) is 6.20 Å². The zero-order valence-corrected chi connectivity index (χ0v) is 11.2. The summed E-state index contributed by atoms with van der Waals surface area (Å²) in [7, 11) is 2.07. The van der Waals surface area contributed by atoms with E-state index in [9.17, 15) is 0 Å². The van der Waals surface area contributed by atoms with Crippen LogP contribution in [0.15, 0.2) is 12.3 Å². The van der Waals surface area contributed by atoms with Crippen molar-refractivity contribution in [3.05, 3.63) is 23.4 Å². The van der Waals surface area contributed by atoms with Crippen LogP contribution in [0.5, 0.6) is 0 Å². The number of hydrogen-bond donors (Lipinski definition) is 1. The highest BCUT2D eigenvalue weighted by atomic mass is 16.5. The van der Waals surface area contributed by atoms with Crippen molar-refractivity contribution >= 4 is 5.82 Å². The maximum absolute atomic E-state index is 9.08. The fourth-order valence-corrected chi connectivity index (χ4v) is 2.54. The summed E-state index contributed by atoms with van der Waals surface area (Å²) in [6.07, 6.45) is 4.14. The van der Waals surface area contributed by atoms with E-state index < -0.39 is 0 Å². The lowest BCUT2D eigenvalue weighted by molar-refractivity contribution is 0.0576. The molecule has 1 aliphatic rings. The van der Waals surface area contributed by atoms with Crippen molar-refractivity contribution in [1.82, 2.24) is 4.98 Å². The number of rotatable bonds is 4. The van der Waals surface area contributed by atoms with Gasteiger partial charge in [0.2, 0.25) is 0 Å². The van der Waals surface area contributed by atoms with Gasteiger partial charge in [-0.05, 0) is 42.9 Å². The molecule has 4 nitrogen and oxygen atoms in total. The summed E-state index contributed by atoms with van der Waals surface area (Å²) in [6, 6.07) is 2.00. The molecule has 1 fully saturated rings. The molecule has 1 aliphatic heterocycles. The third-order valence-electron chi connectivity index (χ3n) is 3.44. The van der Waals surface area contributed by atoms with Crippen molar-refractivity contribution in [2.75, 3.05) is 31.7 Å². The third kappa shape index (κ3) is 3.21. The van der Waals surface area contributed by atoms with E-state index >= 15 is 0 Å². The van der Waals surface area contributed by atoms with Crippen molar-refractivity contribution in [3.8, 4) is 0 Å². The van der Waals surface area contributed by atoms with Gasteiger partial charge in [-0.15, -0.1) is 0 Å². The lowest BCUT2D eigenvalue weighted by Gasteiger charge is -2.28. The minimum atomic E-state index is 0.0499. The average molecular weight is 250 g/mol. The maximum atomic E-state index is 9.08. The monoisotopic (exact) mass is 250 g/mol. The molecule has 0 saturated carbocycles. The molecule has 0 radical (unpaired) electrons. The van der Waals surface area contributed by atoms with Crippen LogP contribution in [0.4, 0.5) is 5.82 Å². The number of ether oxygens (including phenoxy) is 1. The number of aryl methyl sites for hydroxylation is 1. The standard InChI is InChI=1S/C14H22N2O2/c1-11-6-13(9-17)7-15-14(11)16(2)8-12-4-3-5-18-10-12/h6-7,12,17H,3-5,8-10H2,1-2H3. The highest BCUT2D eigenvalue weighted by Crippen LogP contribution is 2.20. The van der Waals surface area contributed by atoms with Crippen LogP contribution in [-0.2, 0) is 11.3 Å². The second kappa shape index (κ2) is 6.16. The maximum Gasteiger partial charge on any atom is 0.131 e. The first-order valence-electron chi connectivity index (χ1n) is 6.56. The van der Waals surface area contributed by atoms with Gasteiger partial charge >= 0.3 is 0 Å². The molecular weight excluding hydrogens is 228 g/mol. The van der Waals surface area contributed by atoms with Crippen LogP contribution in [0.1, 0.15) is 24.0 Å². The van der Waals surface area contributed by atoms with Crippen molar-refractivity contribution in [2.24, 2.45) is 5.92 Å². The Kier molecular flexibility index (Phi) is 4.55. The molecule has 100 valence electrons. The molecule has 1 aromatic heterocycles. The van der Waals surface area contributed by atoms with Crippen molar-refractivity contribution < 1.29 is 9.84 Å². The van der Waals surface area contributed by atoms with E-state index in [4.69, 9.17) is 9.84 Å². The second-order valence-corrected chi connectivity index (χ2v) is 5.11. The minimum absolute atomic E-state index is 0.0499. The third-order valence-corrected chi connectivity index (χ3v) is 3.44. The normalized spacial score (nSPS) is 19.8. The van der Waals surface area contributed by atoms with Gasteiger partial charge in [0.1, 0.15) is 5.82 Å². The van der Waals surface area contributed by atoms with Gasteiger partial charge in [-0.25, -0.2) is 4.98 Å². The van der Waals surface area contributed by atoms with Gasteiger partial charge in [0, 0.05) is 26.4 Å². The Morgan fingerprint density at radius 1 is 1.56 bits per heavy atom. The molecule has 1 saturated heterocycles. The van der Waals surface area contributed by atoms with Crippen LogP contribution < -0.4 is 4.90 Å². The smallest absolute Gasteiger partial charge is 0.131 e. The highest BCUT2D eigenvalue weighted by molar-refractivity contribution is 5.46. The molecule has 4 heteroatoms. The van der Waals surface area contributed by atoms with E-state index in [2.05, 4.69) is 16.9 Å². The number of aliphatic hydroxyl groups is 1. The van der Waals surface area contributed by atoms with Gasteiger partial charge in [0.15, 0.2) is 0 Å². The summed E-state index contributed by atoms with van der Waals surface area (Å²) in [6.45, 7) is 4.83. The first kappa shape index (κ1) is 13.3. The van der Waals surface area contributed by atoms with E-state index in [1.807, 2.05) is 13.0 Å². The molecule has 0 bridgehead atoms. The van der Waals surface area contributed by atoms with E-state index in [0.29, 0.717) is 5.92 Å². The highest BCUT2D eigenvalue weighted by Gasteiger charge is 2.17. The first-order chi connectivity index (χ1) is 8.70. The van der Waals surface area contributed by atoms with E-state index in [-0.39, 0.29) is 6.61 Å². The van der Waals surface area contributed by atoms with Crippen molar-refractivity contribution in [1.29, 1.82) is 0 Å².